The molecule has 4 aromatic rings. The maximum Gasteiger partial charge on any atom is 0.323 e. The van der Waals surface area contributed by atoms with Gasteiger partial charge in [0.2, 0.25) is 0 Å². The number of methoxy groups -OCH3 is 1. The summed E-state index contributed by atoms with van der Waals surface area (Å²) < 4.78 is 35.6. The Labute approximate surface area is 219 Å². The molecule has 6 rings (SSSR count). The van der Waals surface area contributed by atoms with Crippen LogP contribution in [0.2, 0.25) is 0 Å². The zero-order valence-electron chi connectivity index (χ0n) is 21.2. The molecule has 0 unspecified atom stereocenters. The summed E-state index contributed by atoms with van der Waals surface area (Å²) in [5.41, 5.74) is 3.90. The first-order valence-electron chi connectivity index (χ1n) is 13.1. The molecular formula is C29H31F2N5O2. The second-order valence-electron chi connectivity index (χ2n) is 10.2. The molecule has 1 saturated heterocycles. The van der Waals surface area contributed by atoms with Crippen molar-refractivity contribution in [2.75, 3.05) is 13.7 Å². The highest BCUT2D eigenvalue weighted by Crippen LogP contribution is 2.49. The van der Waals surface area contributed by atoms with Crippen LogP contribution in [0.3, 0.4) is 0 Å². The molecule has 0 radical (unpaired) electrons. The van der Waals surface area contributed by atoms with Gasteiger partial charge in [0, 0.05) is 54.0 Å². The van der Waals surface area contributed by atoms with Gasteiger partial charge in [0.25, 0.3) is 0 Å². The van der Waals surface area contributed by atoms with E-state index in [9.17, 15) is 13.6 Å². The summed E-state index contributed by atoms with van der Waals surface area (Å²) in [6.45, 7) is 1.67. The number of rotatable bonds is 7. The zero-order chi connectivity index (χ0) is 26.2. The first kappa shape index (κ1) is 24.8. The molecule has 198 valence electrons. The second-order valence-corrected chi connectivity index (χ2v) is 10.2. The molecule has 0 spiro atoms. The minimum absolute atomic E-state index is 0.117. The number of nitrogens with one attached hydrogen (secondary N) is 2. The summed E-state index contributed by atoms with van der Waals surface area (Å²) in [5, 5.41) is 4.81. The number of halogens is 2. The Hall–Kier alpha value is -3.56. The smallest absolute Gasteiger partial charge is 0.323 e. The van der Waals surface area contributed by atoms with Gasteiger partial charge in [-0.1, -0.05) is 24.3 Å². The number of piperidine rings is 1. The number of ether oxygens (including phenoxy) is 1. The van der Waals surface area contributed by atoms with Crippen molar-refractivity contribution in [3.05, 3.63) is 89.6 Å². The number of aryl methyl sites for hydroxylation is 1. The maximum atomic E-state index is 14.4. The van der Waals surface area contributed by atoms with Gasteiger partial charge in [-0.05, 0) is 55.1 Å². The second kappa shape index (κ2) is 10.3. The first-order chi connectivity index (χ1) is 18.5. The number of carbonyl (C=O) groups excluding carboxylic acids is 1. The van der Waals surface area contributed by atoms with Gasteiger partial charge in [-0.3, -0.25) is 9.69 Å². The molecule has 7 nitrogen and oxygen atoms in total. The molecule has 0 aliphatic carbocycles. The number of para-hydroxylation sites is 1. The Balaban J connectivity index is 1.36. The van der Waals surface area contributed by atoms with E-state index in [0.717, 1.165) is 48.1 Å². The van der Waals surface area contributed by atoms with Gasteiger partial charge < -0.3 is 19.6 Å². The molecule has 0 saturated carbocycles. The molecule has 2 aromatic heterocycles. The predicted octanol–water partition coefficient (Wildman–Crippen LogP) is 4.67. The summed E-state index contributed by atoms with van der Waals surface area (Å²) in [4.78, 5) is 23.1. The van der Waals surface area contributed by atoms with Crippen molar-refractivity contribution in [3.63, 3.8) is 0 Å². The van der Waals surface area contributed by atoms with E-state index in [1.165, 1.54) is 19.2 Å². The van der Waals surface area contributed by atoms with Crippen LogP contribution in [0.4, 0.5) is 8.78 Å². The average Bonchev–Trinajstić information content (AvgIpc) is 3.59. The third-order valence-corrected chi connectivity index (χ3v) is 8.06. The Bertz CT molecular complexity index is 1440. The van der Waals surface area contributed by atoms with Crippen LogP contribution in [0.15, 0.2) is 61.2 Å². The number of hydrogen-bond acceptors (Lipinski definition) is 5. The number of hydrogen-bond donors (Lipinski definition) is 2. The van der Waals surface area contributed by atoms with Crippen LogP contribution in [0.25, 0.3) is 10.9 Å². The van der Waals surface area contributed by atoms with Crippen molar-refractivity contribution >= 4 is 16.9 Å². The lowest BCUT2D eigenvalue weighted by Crippen LogP contribution is -2.55. The normalized spacial score (nSPS) is 23.2. The van der Waals surface area contributed by atoms with Gasteiger partial charge in [0.15, 0.2) is 11.6 Å². The number of esters is 1. The monoisotopic (exact) mass is 519 g/mol. The van der Waals surface area contributed by atoms with E-state index in [0.29, 0.717) is 18.4 Å². The Morgan fingerprint density at radius 2 is 2.00 bits per heavy atom. The summed E-state index contributed by atoms with van der Waals surface area (Å²) in [6.07, 6.45) is 8.39. The van der Waals surface area contributed by atoms with E-state index < -0.39 is 17.7 Å². The summed E-state index contributed by atoms with van der Waals surface area (Å²) in [5.74, 6) is -2.07. The summed E-state index contributed by atoms with van der Waals surface area (Å²) in [6, 6.07) is 11.4. The van der Waals surface area contributed by atoms with Crippen LogP contribution >= 0.6 is 0 Å². The predicted molar refractivity (Wildman–Crippen MR) is 139 cm³/mol. The maximum absolute atomic E-state index is 14.4. The highest BCUT2D eigenvalue weighted by Gasteiger charge is 2.48. The number of aromatic nitrogens is 3. The van der Waals surface area contributed by atoms with E-state index in [1.54, 1.807) is 12.3 Å². The lowest BCUT2D eigenvalue weighted by atomic mass is 9.79. The van der Waals surface area contributed by atoms with Gasteiger partial charge >= 0.3 is 5.97 Å². The van der Waals surface area contributed by atoms with Crippen LogP contribution in [-0.2, 0) is 22.5 Å². The van der Waals surface area contributed by atoms with Crippen LogP contribution < -0.4 is 5.32 Å². The number of imidazole rings is 1. The number of H-pyrrole nitrogens is 1. The van der Waals surface area contributed by atoms with Crippen LogP contribution in [0, 0.1) is 11.6 Å². The number of aromatic amines is 1. The van der Waals surface area contributed by atoms with Crippen LogP contribution in [0.5, 0.6) is 0 Å². The van der Waals surface area contributed by atoms with E-state index >= 15 is 0 Å². The molecule has 4 atom stereocenters. The standard InChI is InChI=1S/C29H31F2N5O2/c1-38-29(37)27-16-21-20-5-2-3-6-24(20)34-28(21)26-15-19(33-9-4-11-35-12-10-32-17-35)14-25(36(26)27)18-7-8-22(30)23(31)13-18/h2-3,5-8,10,12-13,17,19,25-27,33-34H,4,9,11,14-16H2,1H3/t19-,25-,26-,27-/m0/s1. The van der Waals surface area contributed by atoms with Gasteiger partial charge in [-0.2, -0.15) is 0 Å². The largest absolute Gasteiger partial charge is 0.468 e. The highest BCUT2D eigenvalue weighted by molar-refractivity contribution is 5.87. The topological polar surface area (TPSA) is 75.2 Å². The van der Waals surface area contributed by atoms with E-state index in [1.807, 2.05) is 35.3 Å². The number of fused-ring (bicyclic) bond motifs is 5. The number of nitrogens with zero attached hydrogens (tertiary/aromatic N) is 3. The SMILES string of the molecule is COC(=O)[C@@H]1Cc2c([nH]c3ccccc23)[C@@H]2C[C@@H](NCCCn3ccnc3)C[C@@H](c3ccc(F)c(F)c3)N12. The fraction of sp³-hybridized carbons (Fsp3) is 0.379. The molecule has 2 aromatic carbocycles. The molecule has 1 fully saturated rings. The van der Waals surface area contributed by atoms with E-state index in [4.69, 9.17) is 4.74 Å². The Kier molecular flexibility index (Phi) is 6.71. The van der Waals surface area contributed by atoms with Gasteiger partial charge in [0.05, 0.1) is 19.5 Å². The van der Waals surface area contributed by atoms with Crippen LogP contribution in [0.1, 0.15) is 48.2 Å². The highest BCUT2D eigenvalue weighted by atomic mass is 19.2. The molecule has 2 N–H and O–H groups in total. The molecular weight excluding hydrogens is 488 g/mol. The van der Waals surface area contributed by atoms with Crippen molar-refractivity contribution in [1.29, 1.82) is 0 Å². The van der Waals surface area contributed by atoms with Crippen LogP contribution in [-0.4, -0.2) is 51.1 Å². The minimum atomic E-state index is -0.882. The van der Waals surface area contributed by atoms with Crippen molar-refractivity contribution in [2.24, 2.45) is 0 Å². The molecule has 38 heavy (non-hydrogen) atoms. The third-order valence-electron chi connectivity index (χ3n) is 8.06. The quantitative estimate of drug-likeness (QED) is 0.274. The number of benzene rings is 2. The molecule has 0 bridgehead atoms. The average molecular weight is 520 g/mol. The van der Waals surface area contributed by atoms with E-state index in [-0.39, 0.29) is 24.1 Å². The fourth-order valence-corrected chi connectivity index (χ4v) is 6.34. The van der Waals surface area contributed by atoms with E-state index in [2.05, 4.69) is 26.3 Å². The minimum Gasteiger partial charge on any atom is -0.468 e. The van der Waals surface area contributed by atoms with Crippen molar-refractivity contribution < 1.29 is 18.3 Å². The fourth-order valence-electron chi connectivity index (χ4n) is 6.34. The molecule has 4 heterocycles. The zero-order valence-corrected chi connectivity index (χ0v) is 21.2. The summed E-state index contributed by atoms with van der Waals surface area (Å²) in [7, 11) is 1.41. The lowest BCUT2D eigenvalue weighted by molar-refractivity contribution is -0.152. The van der Waals surface area contributed by atoms with Gasteiger partial charge in [-0.25, -0.2) is 13.8 Å². The third kappa shape index (κ3) is 4.50. The summed E-state index contributed by atoms with van der Waals surface area (Å²) >= 11 is 0. The molecule has 0 amide bonds. The number of carbonyl (C=O) groups is 1. The molecule has 9 heteroatoms. The van der Waals surface area contributed by atoms with Crippen molar-refractivity contribution in [1.82, 2.24) is 24.8 Å². The molecule has 2 aliphatic heterocycles. The Morgan fingerprint density at radius 1 is 1.16 bits per heavy atom. The van der Waals surface area contributed by atoms with Gasteiger partial charge in [-0.15, -0.1) is 0 Å². The van der Waals surface area contributed by atoms with Gasteiger partial charge in [0.1, 0.15) is 6.04 Å². The Morgan fingerprint density at radius 3 is 2.79 bits per heavy atom. The van der Waals surface area contributed by atoms with Crippen molar-refractivity contribution in [2.45, 2.75) is 56.4 Å². The molecule has 2 aliphatic rings. The first-order valence-corrected chi connectivity index (χ1v) is 13.1. The van der Waals surface area contributed by atoms with Crippen molar-refractivity contribution in [3.8, 4) is 0 Å². The lowest BCUT2D eigenvalue weighted by Gasteiger charge is -2.50.